The van der Waals surface area contributed by atoms with Crippen molar-refractivity contribution < 1.29 is 37.5 Å². The van der Waals surface area contributed by atoms with Gasteiger partial charge in [-0.3, -0.25) is 19.3 Å². The third-order valence-electron chi connectivity index (χ3n) is 5.04. The van der Waals surface area contributed by atoms with Crippen LogP contribution in [0.1, 0.15) is 12.8 Å². The van der Waals surface area contributed by atoms with Crippen LogP contribution in [0.2, 0.25) is 0 Å². The van der Waals surface area contributed by atoms with Crippen molar-refractivity contribution in [3.63, 3.8) is 0 Å². The molecule has 2 aliphatic heterocycles. The normalized spacial score (nSPS) is 19.3. The lowest BCUT2D eigenvalue weighted by atomic mass is 10.1. The largest absolute Gasteiger partial charge is 0.469 e. The summed E-state index contributed by atoms with van der Waals surface area (Å²) >= 11 is 0. The van der Waals surface area contributed by atoms with Gasteiger partial charge >= 0.3 is 12.1 Å². The van der Waals surface area contributed by atoms with Crippen molar-refractivity contribution in [1.82, 2.24) is 5.06 Å². The van der Waals surface area contributed by atoms with Crippen molar-refractivity contribution in [2.75, 3.05) is 56.2 Å². The molecule has 2 fully saturated rings. The number of carbonyl (C=O) groups is 3. The first kappa shape index (κ1) is 22.7. The lowest BCUT2D eigenvalue weighted by molar-refractivity contribution is -0.180. The highest BCUT2D eigenvalue weighted by Crippen LogP contribution is 2.32. The molecule has 2 amide bonds. The van der Waals surface area contributed by atoms with Gasteiger partial charge in [-0.25, -0.2) is 18.6 Å². The second kappa shape index (κ2) is 9.88. The van der Waals surface area contributed by atoms with Gasteiger partial charge in [0.05, 0.1) is 39.0 Å². The van der Waals surface area contributed by atoms with E-state index in [1.165, 1.54) is 12.0 Å². The number of hydroxylamine groups is 2. The lowest BCUT2D eigenvalue weighted by Crippen LogP contribution is -2.38. The molecule has 1 aromatic rings. The van der Waals surface area contributed by atoms with E-state index in [1.54, 1.807) is 0 Å². The zero-order valence-electron chi connectivity index (χ0n) is 17.0. The Kier molecular flexibility index (Phi) is 7.23. The Morgan fingerprint density at radius 3 is 2.58 bits per heavy atom. The van der Waals surface area contributed by atoms with Crippen LogP contribution in [0.4, 0.5) is 25.0 Å². The van der Waals surface area contributed by atoms with Crippen LogP contribution in [-0.2, 0) is 23.9 Å². The molecule has 2 heterocycles. The summed E-state index contributed by atoms with van der Waals surface area (Å²) in [5.74, 6) is -2.59. The lowest BCUT2D eigenvalue weighted by Gasteiger charge is -2.24. The van der Waals surface area contributed by atoms with Gasteiger partial charge in [0.1, 0.15) is 11.8 Å². The SMILES string of the molecule is COC(=O)CC[C@H]1CN(c2cc(F)c(N3CCON(C(=O)CN)CC3)c(F)c2)C(=O)O1. The molecule has 2 N–H and O–H groups in total. The molecule has 31 heavy (non-hydrogen) atoms. The van der Waals surface area contributed by atoms with Crippen molar-refractivity contribution in [2.45, 2.75) is 18.9 Å². The molecular weight excluding hydrogens is 418 g/mol. The topological polar surface area (TPSA) is 115 Å². The summed E-state index contributed by atoms with van der Waals surface area (Å²) in [4.78, 5) is 42.9. The standard InChI is InChI=1S/C19H24F2N4O6/c1-29-17(27)3-2-13-11-24(19(28)31-13)12-8-14(20)18(15(21)9-12)23-4-5-25(16(26)10-22)30-7-6-23/h8-9,13H,2-7,10-11,22H2,1H3/t13-/m0/s1. The first-order valence-electron chi connectivity index (χ1n) is 9.76. The van der Waals surface area contributed by atoms with Crippen LogP contribution in [0.25, 0.3) is 0 Å². The van der Waals surface area contributed by atoms with Crippen LogP contribution >= 0.6 is 0 Å². The summed E-state index contributed by atoms with van der Waals surface area (Å²) in [5.41, 5.74) is 5.05. The van der Waals surface area contributed by atoms with Crippen LogP contribution in [0.3, 0.4) is 0 Å². The quantitative estimate of drug-likeness (QED) is 0.643. The van der Waals surface area contributed by atoms with Gasteiger partial charge in [-0.1, -0.05) is 0 Å². The summed E-state index contributed by atoms with van der Waals surface area (Å²) in [7, 11) is 1.26. The minimum atomic E-state index is -0.862. The van der Waals surface area contributed by atoms with E-state index in [0.717, 1.165) is 22.1 Å². The Hall–Kier alpha value is -2.99. The number of methoxy groups -OCH3 is 1. The number of ether oxygens (including phenoxy) is 2. The molecule has 0 aromatic heterocycles. The van der Waals surface area contributed by atoms with Gasteiger partial charge < -0.3 is 20.1 Å². The Labute approximate surface area is 177 Å². The number of benzene rings is 1. The van der Waals surface area contributed by atoms with Gasteiger partial charge in [-0.05, 0) is 6.42 Å². The molecule has 1 aromatic carbocycles. The minimum absolute atomic E-state index is 0.00956. The number of halogens is 2. The molecule has 0 saturated carbocycles. The van der Waals surface area contributed by atoms with E-state index in [-0.39, 0.29) is 63.5 Å². The fourth-order valence-electron chi connectivity index (χ4n) is 3.44. The molecule has 1 atom stereocenters. The molecule has 0 aliphatic carbocycles. The van der Waals surface area contributed by atoms with Gasteiger partial charge in [-0.2, -0.15) is 0 Å². The molecule has 10 nitrogen and oxygen atoms in total. The molecule has 0 bridgehead atoms. The zero-order valence-corrected chi connectivity index (χ0v) is 17.0. The zero-order chi connectivity index (χ0) is 22.5. The molecule has 170 valence electrons. The smallest absolute Gasteiger partial charge is 0.414 e. The average Bonchev–Trinajstić information content (AvgIpc) is 2.95. The highest BCUT2D eigenvalue weighted by Gasteiger charge is 2.34. The molecule has 2 aliphatic rings. The van der Waals surface area contributed by atoms with Gasteiger partial charge in [0, 0.05) is 31.6 Å². The third kappa shape index (κ3) is 5.20. The first-order chi connectivity index (χ1) is 14.8. The third-order valence-corrected chi connectivity index (χ3v) is 5.04. The Balaban J connectivity index is 1.71. The van der Waals surface area contributed by atoms with E-state index in [9.17, 15) is 23.2 Å². The van der Waals surface area contributed by atoms with Crippen LogP contribution in [0.15, 0.2) is 12.1 Å². The van der Waals surface area contributed by atoms with E-state index in [2.05, 4.69) is 4.74 Å². The number of cyclic esters (lactones) is 1. The van der Waals surface area contributed by atoms with Crippen molar-refractivity contribution >= 4 is 29.3 Å². The van der Waals surface area contributed by atoms with Gasteiger partial charge in [0.15, 0.2) is 11.6 Å². The molecule has 12 heteroatoms. The van der Waals surface area contributed by atoms with E-state index >= 15 is 0 Å². The number of hydrogen-bond donors (Lipinski definition) is 1. The molecule has 2 saturated heterocycles. The second-order valence-electron chi connectivity index (χ2n) is 7.01. The van der Waals surface area contributed by atoms with E-state index in [4.69, 9.17) is 15.3 Å². The van der Waals surface area contributed by atoms with Crippen molar-refractivity contribution in [3.8, 4) is 0 Å². The molecule has 0 unspecified atom stereocenters. The maximum absolute atomic E-state index is 14.9. The Bertz CT molecular complexity index is 832. The summed E-state index contributed by atoms with van der Waals surface area (Å²) in [5, 5.41) is 1.08. The van der Waals surface area contributed by atoms with Crippen LogP contribution in [0.5, 0.6) is 0 Å². The fourth-order valence-corrected chi connectivity index (χ4v) is 3.44. The number of amides is 2. The summed E-state index contributed by atoms with van der Waals surface area (Å²) < 4.78 is 39.5. The van der Waals surface area contributed by atoms with E-state index in [0.29, 0.717) is 0 Å². The fraction of sp³-hybridized carbons (Fsp3) is 0.526. The number of rotatable bonds is 6. The molecular formula is C19H24F2N4O6. The molecule has 0 radical (unpaired) electrons. The average molecular weight is 442 g/mol. The number of nitrogens with zero attached hydrogens (tertiary/aromatic N) is 3. The van der Waals surface area contributed by atoms with Crippen molar-refractivity contribution in [3.05, 3.63) is 23.8 Å². The van der Waals surface area contributed by atoms with Crippen LogP contribution in [0, 0.1) is 11.6 Å². The number of carbonyl (C=O) groups excluding carboxylic acids is 3. The van der Waals surface area contributed by atoms with E-state index < -0.39 is 35.7 Å². The minimum Gasteiger partial charge on any atom is -0.469 e. The predicted molar refractivity (Wildman–Crippen MR) is 104 cm³/mol. The Morgan fingerprint density at radius 1 is 1.23 bits per heavy atom. The highest BCUT2D eigenvalue weighted by atomic mass is 19.1. The second-order valence-corrected chi connectivity index (χ2v) is 7.01. The predicted octanol–water partition coefficient (Wildman–Crippen LogP) is 0.782. The van der Waals surface area contributed by atoms with Crippen molar-refractivity contribution in [1.29, 1.82) is 0 Å². The van der Waals surface area contributed by atoms with E-state index in [1.807, 2.05) is 0 Å². The maximum atomic E-state index is 14.9. The number of nitrogens with two attached hydrogens (primary N) is 1. The summed E-state index contributed by atoms with van der Waals surface area (Å²) in [6.45, 7) is 0.263. The highest BCUT2D eigenvalue weighted by molar-refractivity contribution is 5.90. The Morgan fingerprint density at radius 2 is 1.94 bits per heavy atom. The first-order valence-corrected chi connectivity index (χ1v) is 9.76. The molecule has 0 spiro atoms. The monoisotopic (exact) mass is 442 g/mol. The summed E-state index contributed by atoms with van der Waals surface area (Å²) in [6.07, 6.45) is -1.04. The molecule has 3 rings (SSSR count). The van der Waals surface area contributed by atoms with Crippen molar-refractivity contribution in [2.24, 2.45) is 5.73 Å². The number of esters is 1. The number of hydrogen-bond acceptors (Lipinski definition) is 8. The van der Waals surface area contributed by atoms with Gasteiger partial charge in [0.2, 0.25) is 0 Å². The maximum Gasteiger partial charge on any atom is 0.414 e. The summed E-state index contributed by atoms with van der Waals surface area (Å²) in [6, 6.07) is 2.10. The van der Waals surface area contributed by atoms with Crippen LogP contribution < -0.4 is 15.5 Å². The van der Waals surface area contributed by atoms with Gasteiger partial charge in [0.25, 0.3) is 5.91 Å². The number of anilines is 2. The van der Waals surface area contributed by atoms with Crippen LogP contribution in [-0.4, -0.2) is 75.6 Å². The van der Waals surface area contributed by atoms with Gasteiger partial charge in [-0.15, -0.1) is 0 Å².